The largest absolute Gasteiger partial charge is 0.475 e. The van der Waals surface area contributed by atoms with E-state index in [9.17, 15) is 4.79 Å². The van der Waals surface area contributed by atoms with Crippen LogP contribution < -0.4 is 4.74 Å². The van der Waals surface area contributed by atoms with E-state index in [0.29, 0.717) is 43.6 Å². The minimum absolute atomic E-state index is 0.0933. The third-order valence-corrected chi connectivity index (χ3v) is 6.17. The normalized spacial score (nSPS) is 17.8. The Morgan fingerprint density at radius 3 is 2.45 bits per heavy atom. The minimum atomic E-state index is -0.182. The molecule has 1 amide bonds. The summed E-state index contributed by atoms with van der Waals surface area (Å²) in [6, 6.07) is 20.2. The molecule has 2 aliphatic rings. The molecule has 1 aliphatic heterocycles. The van der Waals surface area contributed by atoms with Crippen LogP contribution in [-0.2, 0) is 9.53 Å². The molecule has 0 N–H and O–H groups in total. The van der Waals surface area contributed by atoms with E-state index >= 15 is 0 Å². The van der Waals surface area contributed by atoms with Crippen LogP contribution in [0, 0.1) is 0 Å². The van der Waals surface area contributed by atoms with Gasteiger partial charge in [-0.05, 0) is 28.3 Å². The molecule has 1 aliphatic carbocycles. The molecule has 0 spiro atoms. The van der Waals surface area contributed by atoms with Gasteiger partial charge >= 0.3 is 0 Å². The maximum atomic E-state index is 13.2. The van der Waals surface area contributed by atoms with E-state index in [4.69, 9.17) is 21.1 Å². The van der Waals surface area contributed by atoms with Crippen molar-refractivity contribution < 1.29 is 14.3 Å². The van der Waals surface area contributed by atoms with Crippen molar-refractivity contribution in [3.05, 3.63) is 83.0 Å². The molecule has 0 bridgehead atoms. The number of ether oxygens (including phenoxy) is 2. The first kappa shape index (κ1) is 20.0. The van der Waals surface area contributed by atoms with Crippen molar-refractivity contribution >= 4 is 17.5 Å². The van der Waals surface area contributed by atoms with Gasteiger partial charge in [0, 0.05) is 31.1 Å². The minimum Gasteiger partial charge on any atom is -0.475 e. The lowest BCUT2D eigenvalue weighted by molar-refractivity contribution is -0.140. The Balaban J connectivity index is 1.25. The zero-order valence-electron chi connectivity index (χ0n) is 17.0. The van der Waals surface area contributed by atoms with Crippen LogP contribution in [0.5, 0.6) is 5.88 Å². The van der Waals surface area contributed by atoms with Crippen molar-refractivity contribution in [1.29, 1.82) is 0 Å². The van der Waals surface area contributed by atoms with Gasteiger partial charge in [0.1, 0.15) is 12.7 Å². The highest BCUT2D eigenvalue weighted by molar-refractivity contribution is 6.30. The topological polar surface area (TPSA) is 51.7 Å². The molecular formula is C25H23ClN2O3. The molecule has 1 saturated heterocycles. The highest BCUT2D eigenvalue weighted by atomic mass is 35.5. The summed E-state index contributed by atoms with van der Waals surface area (Å²) in [6.07, 6.45) is 1.82. The standard InChI is InChI=1S/C25H23ClN2O3/c26-17-9-10-24(27-14-17)31-16-18-15-28(11-12-30-18)25(29)13-23-21-7-3-1-5-19(21)20-6-2-4-8-22(20)23/h1-10,14,18,23H,11-13,15-16H2. The molecule has 1 fully saturated rings. The number of aromatic nitrogens is 1. The summed E-state index contributed by atoms with van der Waals surface area (Å²) < 4.78 is 11.5. The number of rotatable bonds is 5. The van der Waals surface area contributed by atoms with Crippen molar-refractivity contribution in [1.82, 2.24) is 9.88 Å². The Morgan fingerprint density at radius 2 is 1.77 bits per heavy atom. The summed E-state index contributed by atoms with van der Waals surface area (Å²) in [5.41, 5.74) is 4.94. The van der Waals surface area contributed by atoms with E-state index in [-0.39, 0.29) is 17.9 Å². The maximum Gasteiger partial charge on any atom is 0.223 e. The quantitative estimate of drug-likeness (QED) is 0.591. The molecule has 1 atom stereocenters. The van der Waals surface area contributed by atoms with Crippen molar-refractivity contribution in [2.24, 2.45) is 0 Å². The van der Waals surface area contributed by atoms with Crippen molar-refractivity contribution in [2.75, 3.05) is 26.3 Å². The highest BCUT2D eigenvalue weighted by Crippen LogP contribution is 2.46. The number of hydrogen-bond donors (Lipinski definition) is 0. The molecule has 5 nitrogen and oxygen atoms in total. The summed E-state index contributed by atoms with van der Waals surface area (Å²) in [5, 5.41) is 0.563. The van der Waals surface area contributed by atoms with Crippen LogP contribution in [0.3, 0.4) is 0 Å². The molecule has 1 unspecified atom stereocenters. The number of nitrogens with zero attached hydrogens (tertiary/aromatic N) is 2. The second kappa shape index (κ2) is 8.69. The van der Waals surface area contributed by atoms with Crippen LogP contribution in [0.1, 0.15) is 23.5 Å². The molecular weight excluding hydrogens is 412 g/mol. The Morgan fingerprint density at radius 1 is 1.06 bits per heavy atom. The number of fused-ring (bicyclic) bond motifs is 3. The summed E-state index contributed by atoms with van der Waals surface area (Å²) >= 11 is 5.86. The van der Waals surface area contributed by atoms with Gasteiger partial charge in [0.15, 0.2) is 0 Å². The molecule has 6 heteroatoms. The molecule has 3 aromatic rings. The average molecular weight is 435 g/mol. The maximum absolute atomic E-state index is 13.2. The molecule has 0 radical (unpaired) electrons. The van der Waals surface area contributed by atoms with Gasteiger partial charge in [-0.1, -0.05) is 60.1 Å². The second-order valence-corrected chi connectivity index (χ2v) is 8.33. The highest BCUT2D eigenvalue weighted by Gasteiger charge is 2.32. The molecule has 5 rings (SSSR count). The van der Waals surface area contributed by atoms with E-state index in [2.05, 4.69) is 53.5 Å². The van der Waals surface area contributed by atoms with Gasteiger partial charge in [-0.2, -0.15) is 0 Å². The van der Waals surface area contributed by atoms with Crippen LogP contribution >= 0.6 is 11.6 Å². The van der Waals surface area contributed by atoms with Gasteiger partial charge < -0.3 is 14.4 Å². The summed E-state index contributed by atoms with van der Waals surface area (Å²) in [4.78, 5) is 19.3. The van der Waals surface area contributed by atoms with Gasteiger partial charge in [-0.25, -0.2) is 4.98 Å². The number of benzene rings is 2. The predicted octanol–water partition coefficient (Wildman–Crippen LogP) is 4.54. The number of hydrogen-bond acceptors (Lipinski definition) is 4. The predicted molar refractivity (Wildman–Crippen MR) is 119 cm³/mol. The van der Waals surface area contributed by atoms with Gasteiger partial charge in [0.25, 0.3) is 0 Å². The molecule has 2 heterocycles. The average Bonchev–Trinajstić information content (AvgIpc) is 3.13. The van der Waals surface area contributed by atoms with Crippen LogP contribution in [0.4, 0.5) is 0 Å². The SMILES string of the molecule is O=C(CC1c2ccccc2-c2ccccc21)N1CCOC(COc2ccc(Cl)cn2)C1. The van der Waals surface area contributed by atoms with Crippen LogP contribution in [0.2, 0.25) is 5.02 Å². The molecule has 0 saturated carbocycles. The fourth-order valence-corrected chi connectivity index (χ4v) is 4.57. The molecule has 2 aromatic carbocycles. The van der Waals surface area contributed by atoms with Crippen LogP contribution in [-0.4, -0.2) is 48.2 Å². The first-order chi connectivity index (χ1) is 15.2. The zero-order valence-corrected chi connectivity index (χ0v) is 17.8. The number of carbonyl (C=O) groups excluding carboxylic acids is 1. The van der Waals surface area contributed by atoms with Gasteiger partial charge in [0.05, 0.1) is 18.2 Å². The lowest BCUT2D eigenvalue weighted by atomic mass is 9.93. The fourth-order valence-electron chi connectivity index (χ4n) is 4.46. The third-order valence-electron chi connectivity index (χ3n) is 5.95. The first-order valence-electron chi connectivity index (χ1n) is 10.5. The number of pyridine rings is 1. The van der Waals surface area contributed by atoms with Crippen molar-refractivity contribution in [3.63, 3.8) is 0 Å². The zero-order chi connectivity index (χ0) is 21.2. The fraction of sp³-hybridized carbons (Fsp3) is 0.280. The molecule has 158 valence electrons. The number of amides is 1. The van der Waals surface area contributed by atoms with Crippen molar-refractivity contribution in [2.45, 2.75) is 18.4 Å². The first-order valence-corrected chi connectivity index (χ1v) is 10.9. The van der Waals surface area contributed by atoms with E-state index in [1.807, 2.05) is 4.90 Å². The second-order valence-electron chi connectivity index (χ2n) is 7.89. The lowest BCUT2D eigenvalue weighted by Crippen LogP contribution is -2.47. The molecule has 31 heavy (non-hydrogen) atoms. The number of carbonyl (C=O) groups is 1. The number of halogens is 1. The van der Waals surface area contributed by atoms with Crippen molar-refractivity contribution in [3.8, 4) is 17.0 Å². The van der Waals surface area contributed by atoms with Gasteiger partial charge in [-0.15, -0.1) is 0 Å². The van der Waals surface area contributed by atoms with Crippen LogP contribution in [0.15, 0.2) is 66.9 Å². The van der Waals surface area contributed by atoms with E-state index in [0.717, 1.165) is 0 Å². The smallest absolute Gasteiger partial charge is 0.223 e. The summed E-state index contributed by atoms with van der Waals surface area (Å²) in [6.45, 7) is 1.96. The van der Waals surface area contributed by atoms with Gasteiger partial charge in [-0.3, -0.25) is 4.79 Å². The van der Waals surface area contributed by atoms with E-state index < -0.39 is 0 Å². The molecule has 1 aromatic heterocycles. The summed E-state index contributed by atoms with van der Waals surface area (Å²) in [5.74, 6) is 0.737. The van der Waals surface area contributed by atoms with Crippen LogP contribution in [0.25, 0.3) is 11.1 Å². The van der Waals surface area contributed by atoms with E-state index in [1.165, 1.54) is 22.3 Å². The Labute approximate surface area is 186 Å². The number of morpholine rings is 1. The third kappa shape index (κ3) is 4.16. The van der Waals surface area contributed by atoms with Gasteiger partial charge in [0.2, 0.25) is 11.8 Å². The monoisotopic (exact) mass is 434 g/mol. The lowest BCUT2D eigenvalue weighted by Gasteiger charge is -2.33. The Hall–Kier alpha value is -2.89. The Kier molecular flexibility index (Phi) is 5.62. The Bertz CT molecular complexity index is 1040. The summed E-state index contributed by atoms with van der Waals surface area (Å²) in [7, 11) is 0. The van der Waals surface area contributed by atoms with E-state index in [1.54, 1.807) is 18.3 Å².